The molecule has 0 amide bonds. The third kappa shape index (κ3) is 2.97. The molecule has 6 rings (SSSR count). The fourth-order valence-electron chi connectivity index (χ4n) is 4.33. The number of nitrogens with zero attached hydrogens (tertiary/aromatic N) is 3. The van der Waals surface area contributed by atoms with Gasteiger partial charge < -0.3 is 9.97 Å². The zero-order valence-electron chi connectivity index (χ0n) is 17.4. The summed E-state index contributed by atoms with van der Waals surface area (Å²) in [4.78, 5) is 27.7. The topological polar surface area (TPSA) is 98.2 Å². The first kappa shape index (κ1) is 20.1. The van der Waals surface area contributed by atoms with E-state index in [2.05, 4.69) is 15.0 Å². The summed E-state index contributed by atoms with van der Waals surface area (Å²) in [5.41, 5.74) is 3.11. The SMILES string of the molecule is N#Cc1ccc(-c2ccc3c(c2)c2c(=O)[nH]ccc2c2[nH]c(-c4c(F)cccc4Cl)nc32)cn1. The number of aromatic amines is 2. The van der Waals surface area contributed by atoms with Gasteiger partial charge in [0, 0.05) is 28.7 Å². The first-order chi connectivity index (χ1) is 16.5. The van der Waals surface area contributed by atoms with Crippen LogP contribution in [-0.2, 0) is 0 Å². The Bertz CT molecular complexity index is 1850. The molecular formula is C26H13ClFN5O. The summed E-state index contributed by atoms with van der Waals surface area (Å²) in [6.07, 6.45) is 3.19. The van der Waals surface area contributed by atoms with Gasteiger partial charge in [-0.3, -0.25) is 4.79 Å². The highest BCUT2D eigenvalue weighted by atomic mass is 35.5. The fourth-order valence-corrected chi connectivity index (χ4v) is 4.58. The van der Waals surface area contributed by atoms with Crippen molar-refractivity contribution in [1.82, 2.24) is 19.9 Å². The van der Waals surface area contributed by atoms with Gasteiger partial charge >= 0.3 is 0 Å². The molecule has 8 heteroatoms. The number of hydrogen-bond acceptors (Lipinski definition) is 4. The van der Waals surface area contributed by atoms with Gasteiger partial charge in [0.25, 0.3) is 5.56 Å². The standard InChI is InChI=1S/C26H13ClFN5O/c27-19-2-1-3-20(28)22(19)25-32-23-16-7-5-13(14-4-6-15(11-29)31-12-14)10-18(16)21-17(24(23)33-25)8-9-30-26(21)34/h1-10,12H,(H,30,34)(H,32,33). The Morgan fingerprint density at radius 3 is 2.62 bits per heavy atom. The van der Waals surface area contributed by atoms with Crippen molar-refractivity contribution in [3.05, 3.63) is 93.9 Å². The summed E-state index contributed by atoms with van der Waals surface area (Å²) in [5, 5.41) is 11.8. The molecule has 0 fully saturated rings. The quantitative estimate of drug-likeness (QED) is 0.309. The van der Waals surface area contributed by atoms with Crippen LogP contribution in [0.4, 0.5) is 4.39 Å². The smallest absolute Gasteiger partial charge is 0.256 e. The number of fused-ring (bicyclic) bond motifs is 6. The van der Waals surface area contributed by atoms with Crippen molar-refractivity contribution >= 4 is 44.2 Å². The van der Waals surface area contributed by atoms with Crippen molar-refractivity contribution in [1.29, 1.82) is 5.26 Å². The summed E-state index contributed by atoms with van der Waals surface area (Å²) in [7, 11) is 0. The lowest BCUT2D eigenvalue weighted by atomic mass is 9.97. The summed E-state index contributed by atoms with van der Waals surface area (Å²) in [6, 6.07) is 17.4. The van der Waals surface area contributed by atoms with E-state index >= 15 is 0 Å². The number of aromatic nitrogens is 4. The van der Waals surface area contributed by atoms with Crippen molar-refractivity contribution in [3.8, 4) is 28.6 Å². The minimum atomic E-state index is -0.492. The van der Waals surface area contributed by atoms with Crippen LogP contribution in [0.1, 0.15) is 5.69 Å². The molecule has 0 atom stereocenters. The Labute approximate surface area is 196 Å². The second-order valence-corrected chi connectivity index (χ2v) is 8.21. The molecular weight excluding hydrogens is 453 g/mol. The van der Waals surface area contributed by atoms with E-state index in [0.717, 1.165) is 16.5 Å². The maximum Gasteiger partial charge on any atom is 0.256 e. The number of pyridine rings is 2. The van der Waals surface area contributed by atoms with Gasteiger partial charge in [-0.15, -0.1) is 0 Å². The highest BCUT2D eigenvalue weighted by Crippen LogP contribution is 2.37. The largest absolute Gasteiger partial charge is 0.337 e. The molecule has 3 heterocycles. The van der Waals surface area contributed by atoms with E-state index in [1.54, 1.807) is 30.6 Å². The molecule has 0 aliphatic carbocycles. The molecule has 6 aromatic rings. The molecule has 0 saturated heterocycles. The van der Waals surface area contributed by atoms with E-state index in [9.17, 15) is 9.18 Å². The lowest BCUT2D eigenvalue weighted by molar-refractivity contribution is 0.630. The summed E-state index contributed by atoms with van der Waals surface area (Å²) in [5.74, 6) is -0.207. The van der Waals surface area contributed by atoms with E-state index in [0.29, 0.717) is 32.9 Å². The molecule has 0 aliphatic rings. The summed E-state index contributed by atoms with van der Waals surface area (Å²) < 4.78 is 14.6. The monoisotopic (exact) mass is 465 g/mol. The minimum absolute atomic E-state index is 0.173. The van der Waals surface area contributed by atoms with Gasteiger partial charge in [0.1, 0.15) is 23.4 Å². The highest BCUT2D eigenvalue weighted by Gasteiger charge is 2.19. The Hall–Kier alpha value is -4.54. The normalized spacial score (nSPS) is 11.3. The van der Waals surface area contributed by atoms with Crippen LogP contribution in [0.3, 0.4) is 0 Å². The maximum atomic E-state index is 14.6. The highest BCUT2D eigenvalue weighted by molar-refractivity contribution is 6.33. The van der Waals surface area contributed by atoms with E-state index in [1.165, 1.54) is 12.1 Å². The summed E-state index contributed by atoms with van der Waals surface area (Å²) >= 11 is 6.28. The van der Waals surface area contributed by atoms with E-state index in [-0.39, 0.29) is 22.0 Å². The Balaban J connectivity index is 1.70. The molecule has 6 nitrogen and oxygen atoms in total. The molecule has 3 aromatic carbocycles. The zero-order chi connectivity index (χ0) is 23.4. The number of imidazole rings is 1. The van der Waals surface area contributed by atoms with Gasteiger partial charge in [-0.25, -0.2) is 14.4 Å². The number of benzene rings is 3. The molecule has 34 heavy (non-hydrogen) atoms. The third-order valence-electron chi connectivity index (χ3n) is 5.89. The zero-order valence-corrected chi connectivity index (χ0v) is 18.1. The van der Waals surface area contributed by atoms with Gasteiger partial charge in [-0.2, -0.15) is 5.26 Å². The lowest BCUT2D eigenvalue weighted by Gasteiger charge is -2.08. The average Bonchev–Trinajstić information content (AvgIpc) is 3.29. The number of hydrogen-bond donors (Lipinski definition) is 2. The van der Waals surface area contributed by atoms with Crippen molar-refractivity contribution in [3.63, 3.8) is 0 Å². The van der Waals surface area contributed by atoms with Crippen molar-refractivity contribution in [2.45, 2.75) is 0 Å². The minimum Gasteiger partial charge on any atom is -0.337 e. The van der Waals surface area contributed by atoms with Crippen LogP contribution in [0.2, 0.25) is 5.02 Å². The van der Waals surface area contributed by atoms with E-state index in [1.807, 2.05) is 30.3 Å². The van der Waals surface area contributed by atoms with Crippen molar-refractivity contribution < 1.29 is 4.39 Å². The molecule has 162 valence electrons. The van der Waals surface area contributed by atoms with Gasteiger partial charge in [0.15, 0.2) is 0 Å². The van der Waals surface area contributed by atoms with E-state index < -0.39 is 5.82 Å². The number of nitriles is 1. The number of nitrogens with one attached hydrogen (secondary N) is 2. The number of rotatable bonds is 2. The second kappa shape index (κ2) is 7.51. The van der Waals surface area contributed by atoms with Crippen LogP contribution in [0.5, 0.6) is 0 Å². The van der Waals surface area contributed by atoms with Gasteiger partial charge in [-0.05, 0) is 47.3 Å². The van der Waals surface area contributed by atoms with E-state index in [4.69, 9.17) is 21.8 Å². The number of halogens is 2. The molecule has 2 N–H and O–H groups in total. The van der Waals surface area contributed by atoms with Crippen LogP contribution >= 0.6 is 11.6 Å². The van der Waals surface area contributed by atoms with Crippen LogP contribution in [0, 0.1) is 17.1 Å². The third-order valence-corrected chi connectivity index (χ3v) is 6.20. The molecule has 0 bridgehead atoms. The van der Waals surface area contributed by atoms with Crippen molar-refractivity contribution in [2.24, 2.45) is 0 Å². The maximum absolute atomic E-state index is 14.6. The van der Waals surface area contributed by atoms with Crippen LogP contribution < -0.4 is 5.56 Å². The van der Waals surface area contributed by atoms with Gasteiger partial charge in [-0.1, -0.05) is 29.8 Å². The number of H-pyrrole nitrogens is 2. The van der Waals surface area contributed by atoms with Crippen molar-refractivity contribution in [2.75, 3.05) is 0 Å². The predicted molar refractivity (Wildman–Crippen MR) is 130 cm³/mol. The first-order valence-corrected chi connectivity index (χ1v) is 10.7. The fraction of sp³-hybridized carbons (Fsp3) is 0. The molecule has 0 aliphatic heterocycles. The summed E-state index contributed by atoms with van der Waals surface area (Å²) in [6.45, 7) is 0. The van der Waals surface area contributed by atoms with Crippen LogP contribution in [-0.4, -0.2) is 19.9 Å². The van der Waals surface area contributed by atoms with Gasteiger partial charge in [0.05, 0.1) is 27.0 Å². The average molecular weight is 466 g/mol. The molecule has 0 spiro atoms. The Morgan fingerprint density at radius 2 is 1.85 bits per heavy atom. The predicted octanol–water partition coefficient (Wildman–Crippen LogP) is 5.95. The first-order valence-electron chi connectivity index (χ1n) is 10.3. The van der Waals surface area contributed by atoms with Crippen LogP contribution in [0.15, 0.2) is 71.8 Å². The molecule has 0 unspecified atom stereocenters. The van der Waals surface area contributed by atoms with Crippen LogP contribution in [0.25, 0.3) is 55.1 Å². The Morgan fingerprint density at radius 1 is 1.00 bits per heavy atom. The second-order valence-electron chi connectivity index (χ2n) is 7.81. The molecule has 0 radical (unpaired) electrons. The molecule has 3 aromatic heterocycles. The van der Waals surface area contributed by atoms with Gasteiger partial charge in [0.2, 0.25) is 0 Å². The molecule has 0 saturated carbocycles. The lowest BCUT2D eigenvalue weighted by Crippen LogP contribution is -2.05. The Kier molecular flexibility index (Phi) is 4.44.